The minimum Gasteiger partial charge on any atom is -0.494 e. The maximum absolute atomic E-state index is 6.25. The molecule has 0 fully saturated rings. The van der Waals surface area contributed by atoms with Crippen molar-refractivity contribution in [2.45, 2.75) is 26.3 Å². The van der Waals surface area contributed by atoms with Crippen LogP contribution in [0, 0.1) is 13.8 Å². The Morgan fingerprint density at radius 2 is 1.74 bits per heavy atom. The Kier molecular flexibility index (Phi) is 4.58. The summed E-state index contributed by atoms with van der Waals surface area (Å²) in [7, 11) is 0. The number of ether oxygens (including phenoxy) is 1. The van der Waals surface area contributed by atoms with E-state index >= 15 is 0 Å². The van der Waals surface area contributed by atoms with Crippen LogP contribution in [0.2, 0.25) is 0 Å². The van der Waals surface area contributed by atoms with Gasteiger partial charge in [-0.1, -0.05) is 36.4 Å². The zero-order valence-electron chi connectivity index (χ0n) is 11.6. The molecule has 0 heterocycles. The van der Waals surface area contributed by atoms with Gasteiger partial charge in [0.25, 0.3) is 0 Å². The number of nitrogens with two attached hydrogens (primary N) is 1. The largest absolute Gasteiger partial charge is 0.494 e. The summed E-state index contributed by atoms with van der Waals surface area (Å²) >= 11 is 0. The predicted molar refractivity (Wildman–Crippen MR) is 79.4 cm³/mol. The second-order valence-corrected chi connectivity index (χ2v) is 4.85. The molecule has 1 unspecified atom stereocenters. The number of hydrogen-bond donors (Lipinski definition) is 1. The Morgan fingerprint density at radius 1 is 1.00 bits per heavy atom. The zero-order chi connectivity index (χ0) is 13.7. The van der Waals surface area contributed by atoms with Gasteiger partial charge in [-0.3, -0.25) is 0 Å². The van der Waals surface area contributed by atoms with Gasteiger partial charge in [0.1, 0.15) is 5.75 Å². The first-order valence-corrected chi connectivity index (χ1v) is 6.68. The second-order valence-electron chi connectivity index (χ2n) is 4.85. The third-order valence-corrected chi connectivity index (χ3v) is 3.49. The number of benzene rings is 2. The molecular weight excluding hydrogens is 234 g/mol. The van der Waals surface area contributed by atoms with Crippen LogP contribution in [-0.2, 0) is 0 Å². The van der Waals surface area contributed by atoms with Crippen molar-refractivity contribution < 1.29 is 4.74 Å². The predicted octanol–water partition coefficient (Wildman–Crippen LogP) is 3.77. The van der Waals surface area contributed by atoms with Crippen molar-refractivity contribution >= 4 is 0 Å². The maximum atomic E-state index is 6.25. The smallest absolute Gasteiger partial charge is 0.119 e. The molecule has 0 saturated carbocycles. The molecule has 0 aromatic heterocycles. The summed E-state index contributed by atoms with van der Waals surface area (Å²) in [5.74, 6) is 0.899. The van der Waals surface area contributed by atoms with Gasteiger partial charge in [0.15, 0.2) is 0 Å². The number of hydrogen-bond acceptors (Lipinski definition) is 2. The fourth-order valence-corrected chi connectivity index (χ4v) is 2.15. The van der Waals surface area contributed by atoms with Crippen molar-refractivity contribution in [3.8, 4) is 5.75 Å². The van der Waals surface area contributed by atoms with Gasteiger partial charge >= 0.3 is 0 Å². The lowest BCUT2D eigenvalue weighted by atomic mass is 9.96. The van der Waals surface area contributed by atoms with Crippen LogP contribution in [0.3, 0.4) is 0 Å². The lowest BCUT2D eigenvalue weighted by molar-refractivity contribution is 0.298. The minimum absolute atomic E-state index is 0.0311. The van der Waals surface area contributed by atoms with E-state index in [1.807, 2.05) is 30.3 Å². The van der Waals surface area contributed by atoms with Crippen molar-refractivity contribution in [1.82, 2.24) is 0 Å². The van der Waals surface area contributed by atoms with E-state index in [-0.39, 0.29) is 6.04 Å². The van der Waals surface area contributed by atoms with E-state index in [2.05, 4.69) is 32.0 Å². The van der Waals surface area contributed by atoms with Crippen molar-refractivity contribution in [2.75, 3.05) is 6.61 Å². The highest BCUT2D eigenvalue weighted by molar-refractivity contribution is 5.35. The standard InChI is InChI=1S/C17H21NO/c1-13-7-6-10-16(14(13)2)17(18)11-12-19-15-8-4-3-5-9-15/h3-10,17H,11-12,18H2,1-2H3. The van der Waals surface area contributed by atoms with Crippen LogP contribution in [0.25, 0.3) is 0 Å². The van der Waals surface area contributed by atoms with Crippen molar-refractivity contribution in [1.29, 1.82) is 0 Å². The molecule has 0 radical (unpaired) electrons. The van der Waals surface area contributed by atoms with E-state index in [4.69, 9.17) is 10.5 Å². The molecule has 1 atom stereocenters. The molecule has 0 aliphatic rings. The number of aryl methyl sites for hydroxylation is 1. The fraction of sp³-hybridized carbons (Fsp3) is 0.294. The van der Waals surface area contributed by atoms with Crippen LogP contribution in [0.15, 0.2) is 48.5 Å². The Hall–Kier alpha value is -1.80. The van der Waals surface area contributed by atoms with Gasteiger partial charge < -0.3 is 10.5 Å². The lowest BCUT2D eigenvalue weighted by Crippen LogP contribution is -2.15. The Balaban J connectivity index is 1.91. The van der Waals surface area contributed by atoms with E-state index < -0.39 is 0 Å². The molecule has 2 aromatic carbocycles. The first-order valence-electron chi connectivity index (χ1n) is 6.68. The van der Waals surface area contributed by atoms with Crippen molar-refractivity contribution in [3.63, 3.8) is 0 Å². The SMILES string of the molecule is Cc1cccc(C(N)CCOc2ccccc2)c1C. The monoisotopic (exact) mass is 255 g/mol. The molecule has 2 heteroatoms. The molecule has 2 N–H and O–H groups in total. The first-order chi connectivity index (χ1) is 9.18. The molecule has 0 spiro atoms. The highest BCUT2D eigenvalue weighted by atomic mass is 16.5. The van der Waals surface area contributed by atoms with Gasteiger partial charge in [-0.05, 0) is 42.7 Å². The summed E-state index contributed by atoms with van der Waals surface area (Å²) in [5, 5.41) is 0. The van der Waals surface area contributed by atoms with Crippen molar-refractivity contribution in [2.24, 2.45) is 5.73 Å². The van der Waals surface area contributed by atoms with Crippen LogP contribution in [0.1, 0.15) is 29.2 Å². The van der Waals surface area contributed by atoms with Crippen molar-refractivity contribution in [3.05, 3.63) is 65.2 Å². The second kappa shape index (κ2) is 6.39. The van der Waals surface area contributed by atoms with Gasteiger partial charge in [-0.25, -0.2) is 0 Å². The van der Waals surface area contributed by atoms with Crippen LogP contribution >= 0.6 is 0 Å². The average Bonchev–Trinajstić information content (AvgIpc) is 2.43. The molecule has 19 heavy (non-hydrogen) atoms. The molecule has 0 amide bonds. The van der Waals surface area contributed by atoms with E-state index in [0.717, 1.165) is 12.2 Å². The Bertz CT molecular complexity index is 522. The summed E-state index contributed by atoms with van der Waals surface area (Å²) < 4.78 is 5.69. The first kappa shape index (κ1) is 13.6. The fourth-order valence-electron chi connectivity index (χ4n) is 2.15. The summed E-state index contributed by atoms with van der Waals surface area (Å²) in [4.78, 5) is 0. The van der Waals surface area contributed by atoms with Crippen LogP contribution in [-0.4, -0.2) is 6.61 Å². The molecule has 2 rings (SSSR count). The molecule has 0 aliphatic heterocycles. The van der Waals surface area contributed by atoms with Gasteiger partial charge in [0.05, 0.1) is 6.61 Å². The lowest BCUT2D eigenvalue weighted by Gasteiger charge is -2.16. The van der Waals surface area contributed by atoms with E-state index in [0.29, 0.717) is 6.61 Å². The highest BCUT2D eigenvalue weighted by Crippen LogP contribution is 2.21. The van der Waals surface area contributed by atoms with Gasteiger partial charge in [-0.15, -0.1) is 0 Å². The normalized spacial score (nSPS) is 12.2. The summed E-state index contributed by atoms with van der Waals surface area (Å²) in [6.07, 6.45) is 0.819. The zero-order valence-corrected chi connectivity index (χ0v) is 11.6. The summed E-state index contributed by atoms with van der Waals surface area (Å²) in [5.41, 5.74) is 10.0. The van der Waals surface area contributed by atoms with Gasteiger partial charge in [0, 0.05) is 12.5 Å². The molecule has 0 saturated heterocycles. The maximum Gasteiger partial charge on any atom is 0.119 e. The third kappa shape index (κ3) is 3.58. The molecule has 0 bridgehead atoms. The van der Waals surface area contributed by atoms with Gasteiger partial charge in [0.2, 0.25) is 0 Å². The van der Waals surface area contributed by atoms with E-state index in [9.17, 15) is 0 Å². The van der Waals surface area contributed by atoms with Gasteiger partial charge in [-0.2, -0.15) is 0 Å². The van der Waals surface area contributed by atoms with Crippen LogP contribution in [0.4, 0.5) is 0 Å². The van der Waals surface area contributed by atoms with Crippen LogP contribution in [0.5, 0.6) is 5.75 Å². The molecule has 100 valence electrons. The number of para-hydroxylation sites is 1. The minimum atomic E-state index is 0.0311. The summed E-state index contributed by atoms with van der Waals surface area (Å²) in [6.45, 7) is 4.88. The molecule has 0 aliphatic carbocycles. The Labute approximate surface area is 115 Å². The Morgan fingerprint density at radius 3 is 2.47 bits per heavy atom. The van der Waals surface area contributed by atoms with Crippen LogP contribution < -0.4 is 10.5 Å². The highest BCUT2D eigenvalue weighted by Gasteiger charge is 2.10. The molecule has 2 aromatic rings. The molecular formula is C17H21NO. The quantitative estimate of drug-likeness (QED) is 0.882. The molecule has 2 nitrogen and oxygen atoms in total. The summed E-state index contributed by atoms with van der Waals surface area (Å²) in [6, 6.07) is 16.2. The number of rotatable bonds is 5. The van der Waals surface area contributed by atoms with E-state index in [1.54, 1.807) is 0 Å². The van der Waals surface area contributed by atoms with E-state index in [1.165, 1.54) is 16.7 Å². The average molecular weight is 255 g/mol. The topological polar surface area (TPSA) is 35.2 Å². The third-order valence-electron chi connectivity index (χ3n) is 3.49.